The van der Waals surface area contributed by atoms with Crippen molar-refractivity contribution in [3.63, 3.8) is 0 Å². The molecule has 0 aromatic heterocycles. The van der Waals surface area contributed by atoms with Crippen molar-refractivity contribution < 1.29 is 29.3 Å². The molecular formula is C19H23N3O6. The maximum absolute atomic E-state index is 12.6. The first-order chi connectivity index (χ1) is 13.0. The summed E-state index contributed by atoms with van der Waals surface area (Å²) in [4.78, 5) is 41.4. The number of rotatable bonds is 5. The SMILES string of the molecule is CC1=N/C(=C\c2ccc(O)cc2)C(=O)N1C[C@H](NC(=O)OC(C)(C)C)C(=O)O. The molecule has 0 saturated heterocycles. The number of aliphatic carboxylic acids is 1. The minimum Gasteiger partial charge on any atom is -0.508 e. The average Bonchev–Trinajstić information content (AvgIpc) is 2.82. The van der Waals surface area contributed by atoms with Crippen LogP contribution in [0.15, 0.2) is 35.0 Å². The monoisotopic (exact) mass is 389 g/mol. The van der Waals surface area contributed by atoms with Crippen LogP contribution in [0.4, 0.5) is 4.79 Å². The second-order valence-electron chi connectivity index (χ2n) is 7.23. The van der Waals surface area contributed by atoms with Crippen molar-refractivity contribution in [2.24, 2.45) is 4.99 Å². The molecular weight excluding hydrogens is 366 g/mol. The predicted octanol–water partition coefficient (Wildman–Crippen LogP) is 1.97. The van der Waals surface area contributed by atoms with Crippen molar-refractivity contribution in [1.29, 1.82) is 0 Å². The number of nitrogens with zero attached hydrogens (tertiary/aromatic N) is 2. The number of carbonyl (C=O) groups excluding carboxylic acids is 2. The van der Waals surface area contributed by atoms with Crippen molar-refractivity contribution in [1.82, 2.24) is 10.2 Å². The largest absolute Gasteiger partial charge is 0.508 e. The second kappa shape index (κ2) is 8.12. The van der Waals surface area contributed by atoms with Gasteiger partial charge < -0.3 is 20.3 Å². The lowest BCUT2D eigenvalue weighted by atomic mass is 10.2. The van der Waals surface area contributed by atoms with E-state index in [-0.39, 0.29) is 18.0 Å². The van der Waals surface area contributed by atoms with Gasteiger partial charge in [-0.05, 0) is 51.5 Å². The van der Waals surface area contributed by atoms with Gasteiger partial charge in [-0.3, -0.25) is 9.69 Å². The number of phenolic OH excluding ortho intramolecular Hbond substituents is 1. The summed E-state index contributed by atoms with van der Waals surface area (Å²) in [5, 5.41) is 21.0. The van der Waals surface area contributed by atoms with Crippen molar-refractivity contribution in [3.05, 3.63) is 35.5 Å². The first-order valence-electron chi connectivity index (χ1n) is 8.56. The number of hydrogen-bond donors (Lipinski definition) is 3. The zero-order valence-electron chi connectivity index (χ0n) is 16.1. The number of amidine groups is 1. The van der Waals surface area contributed by atoms with Crippen molar-refractivity contribution in [3.8, 4) is 5.75 Å². The Kier molecular flexibility index (Phi) is 6.07. The molecule has 0 saturated carbocycles. The van der Waals surface area contributed by atoms with E-state index in [1.165, 1.54) is 23.1 Å². The van der Waals surface area contributed by atoms with E-state index in [4.69, 9.17) is 4.74 Å². The Morgan fingerprint density at radius 1 is 1.29 bits per heavy atom. The van der Waals surface area contributed by atoms with E-state index in [9.17, 15) is 24.6 Å². The molecule has 2 amide bonds. The van der Waals surface area contributed by atoms with E-state index in [2.05, 4.69) is 10.3 Å². The molecule has 1 aromatic rings. The Bertz CT molecular complexity index is 836. The van der Waals surface area contributed by atoms with Gasteiger partial charge in [-0.2, -0.15) is 0 Å². The van der Waals surface area contributed by atoms with Gasteiger partial charge in [0.05, 0.1) is 6.54 Å². The van der Waals surface area contributed by atoms with Crippen LogP contribution >= 0.6 is 0 Å². The van der Waals surface area contributed by atoms with Crippen LogP contribution in [0.5, 0.6) is 5.75 Å². The summed E-state index contributed by atoms with van der Waals surface area (Å²) in [6.45, 7) is 6.24. The predicted molar refractivity (Wildman–Crippen MR) is 102 cm³/mol. The minimum absolute atomic E-state index is 0.0960. The van der Waals surface area contributed by atoms with Crippen LogP contribution in [0, 0.1) is 0 Å². The smallest absolute Gasteiger partial charge is 0.408 e. The number of phenols is 1. The van der Waals surface area contributed by atoms with Gasteiger partial charge in [-0.15, -0.1) is 0 Å². The summed E-state index contributed by atoms with van der Waals surface area (Å²) in [6, 6.07) is 4.83. The normalized spacial score (nSPS) is 16.7. The number of carboxylic acid groups (broad SMARTS) is 1. The lowest BCUT2D eigenvalue weighted by Gasteiger charge is -2.24. The van der Waals surface area contributed by atoms with Crippen LogP contribution in [0.2, 0.25) is 0 Å². The van der Waals surface area contributed by atoms with Crippen LogP contribution < -0.4 is 5.32 Å². The van der Waals surface area contributed by atoms with Crippen molar-refractivity contribution >= 4 is 29.9 Å². The van der Waals surface area contributed by atoms with Crippen LogP contribution in [-0.2, 0) is 14.3 Å². The van der Waals surface area contributed by atoms with Gasteiger partial charge in [0.1, 0.15) is 28.9 Å². The molecule has 9 heteroatoms. The second-order valence-corrected chi connectivity index (χ2v) is 7.23. The number of carboxylic acids is 1. The van der Waals surface area contributed by atoms with E-state index in [0.717, 1.165) is 0 Å². The van der Waals surface area contributed by atoms with Crippen LogP contribution in [0.3, 0.4) is 0 Å². The highest BCUT2D eigenvalue weighted by atomic mass is 16.6. The quantitative estimate of drug-likeness (QED) is 0.661. The van der Waals surface area contributed by atoms with Gasteiger partial charge in [0.15, 0.2) is 0 Å². The number of hydrogen-bond acceptors (Lipinski definition) is 6. The zero-order chi connectivity index (χ0) is 21.1. The molecule has 0 spiro atoms. The van der Waals surface area contributed by atoms with E-state index >= 15 is 0 Å². The summed E-state index contributed by atoms with van der Waals surface area (Å²) in [7, 11) is 0. The molecule has 0 bridgehead atoms. The Morgan fingerprint density at radius 3 is 2.43 bits per heavy atom. The van der Waals surface area contributed by atoms with Crippen LogP contribution in [0.25, 0.3) is 6.08 Å². The number of carbonyl (C=O) groups is 3. The lowest BCUT2D eigenvalue weighted by Crippen LogP contribution is -2.51. The Morgan fingerprint density at radius 2 is 1.89 bits per heavy atom. The Hall–Kier alpha value is -3.36. The molecule has 150 valence electrons. The van der Waals surface area contributed by atoms with E-state index in [0.29, 0.717) is 11.4 Å². The molecule has 0 radical (unpaired) electrons. The van der Waals surface area contributed by atoms with E-state index in [1.807, 2.05) is 0 Å². The minimum atomic E-state index is -1.36. The number of amides is 2. The third-order valence-corrected chi connectivity index (χ3v) is 3.69. The summed E-state index contributed by atoms with van der Waals surface area (Å²) in [5.74, 6) is -1.38. The molecule has 9 nitrogen and oxygen atoms in total. The number of aromatic hydroxyl groups is 1. The maximum atomic E-state index is 12.6. The van der Waals surface area contributed by atoms with Gasteiger partial charge in [-0.1, -0.05) is 12.1 Å². The highest BCUT2D eigenvalue weighted by Crippen LogP contribution is 2.20. The average molecular weight is 389 g/mol. The zero-order valence-corrected chi connectivity index (χ0v) is 16.1. The molecule has 0 unspecified atom stereocenters. The highest BCUT2D eigenvalue weighted by molar-refractivity contribution is 6.13. The standard InChI is InChI=1S/C19H23N3O6/c1-11-20-14(9-12-5-7-13(23)8-6-12)16(24)22(11)10-15(17(25)26)21-18(27)28-19(2,3)4/h5-9,15,23H,10H2,1-4H3,(H,21,27)(H,25,26)/b14-9-/t15-/m0/s1. The van der Waals surface area contributed by atoms with Gasteiger partial charge >= 0.3 is 12.1 Å². The molecule has 2 rings (SSSR count). The number of alkyl carbamates (subject to hydrolysis) is 1. The maximum Gasteiger partial charge on any atom is 0.408 e. The lowest BCUT2D eigenvalue weighted by molar-refractivity contribution is -0.140. The number of nitrogens with one attached hydrogen (secondary N) is 1. The molecule has 28 heavy (non-hydrogen) atoms. The summed E-state index contributed by atoms with van der Waals surface area (Å²) >= 11 is 0. The molecule has 1 atom stereocenters. The van der Waals surface area contributed by atoms with Crippen LogP contribution in [0.1, 0.15) is 33.3 Å². The molecule has 1 aromatic carbocycles. The summed E-state index contributed by atoms with van der Waals surface area (Å²) in [5.41, 5.74) is -0.000571. The molecule has 3 N–H and O–H groups in total. The Labute approximate surface area is 162 Å². The summed E-state index contributed by atoms with van der Waals surface area (Å²) in [6.07, 6.45) is 0.642. The van der Waals surface area contributed by atoms with Gasteiger partial charge in [0, 0.05) is 0 Å². The molecule has 0 aliphatic carbocycles. The highest BCUT2D eigenvalue weighted by Gasteiger charge is 2.33. The fourth-order valence-electron chi connectivity index (χ4n) is 2.42. The third-order valence-electron chi connectivity index (χ3n) is 3.69. The molecule has 1 heterocycles. The van der Waals surface area contributed by atoms with Crippen molar-refractivity contribution in [2.45, 2.75) is 39.3 Å². The van der Waals surface area contributed by atoms with Crippen LogP contribution in [-0.4, -0.2) is 57.1 Å². The fraction of sp³-hybridized carbons (Fsp3) is 0.368. The molecule has 1 aliphatic rings. The summed E-state index contributed by atoms with van der Waals surface area (Å²) < 4.78 is 5.07. The molecule has 0 fully saturated rings. The molecule has 1 aliphatic heterocycles. The van der Waals surface area contributed by atoms with Gasteiger partial charge in [0.25, 0.3) is 5.91 Å². The number of benzene rings is 1. The number of aliphatic imine (C=N–C) groups is 1. The van der Waals surface area contributed by atoms with Crippen molar-refractivity contribution in [2.75, 3.05) is 6.54 Å². The fourth-order valence-corrected chi connectivity index (χ4v) is 2.42. The number of ether oxygens (including phenoxy) is 1. The third kappa shape index (κ3) is 5.57. The topological polar surface area (TPSA) is 129 Å². The first kappa shape index (κ1) is 20.9. The van der Waals surface area contributed by atoms with Gasteiger partial charge in [0.2, 0.25) is 0 Å². The van der Waals surface area contributed by atoms with Gasteiger partial charge in [-0.25, -0.2) is 14.6 Å². The van der Waals surface area contributed by atoms with E-state index < -0.39 is 29.6 Å². The Balaban J connectivity index is 2.12. The van der Waals surface area contributed by atoms with E-state index in [1.54, 1.807) is 39.8 Å². The first-order valence-corrected chi connectivity index (χ1v) is 8.56.